The fourth-order valence-electron chi connectivity index (χ4n) is 5.51. The topological polar surface area (TPSA) is 136 Å². The SMILES string of the molecule is COC(=O)NN(C(=O)OC)[C@]12CCCC[C@H]1N(C(=O)OC)N(C(=O)OC)c1c2ccc2cc(OC)ccc12. The molecule has 204 valence electrons. The van der Waals surface area contributed by atoms with E-state index in [1.165, 1.54) is 28.4 Å². The van der Waals surface area contributed by atoms with Gasteiger partial charge in [-0.15, -0.1) is 0 Å². The van der Waals surface area contributed by atoms with E-state index in [0.29, 0.717) is 47.8 Å². The quantitative estimate of drug-likeness (QED) is 0.453. The molecular weight excluding hydrogens is 500 g/mol. The number of carbonyl (C=O) groups excluding carboxylic acids is 4. The summed E-state index contributed by atoms with van der Waals surface area (Å²) in [6.07, 6.45) is -1.52. The standard InChI is InChI=1S/C25H30N4O9/c1-34-16-10-11-17-15(14-16)9-12-18-20(17)28(23(32)37-4)27(22(31)36-3)19-8-6-7-13-25(18,19)29(24(33)38-5)26-21(30)35-2/h9-12,14,19H,6-8,13H2,1-5H3,(H,26,30)/t19-,25+/m1/s1. The van der Waals surface area contributed by atoms with Crippen LogP contribution in [0.15, 0.2) is 30.3 Å². The number of hydrogen-bond donors (Lipinski definition) is 1. The number of rotatable bonds is 2. The van der Waals surface area contributed by atoms with Gasteiger partial charge in [-0.2, -0.15) is 5.01 Å². The molecule has 0 unspecified atom stereocenters. The molecule has 1 N–H and O–H groups in total. The smallest absolute Gasteiger partial charge is 0.433 e. The molecule has 1 aliphatic carbocycles. The summed E-state index contributed by atoms with van der Waals surface area (Å²) in [4.78, 5) is 52.4. The second kappa shape index (κ2) is 10.5. The molecule has 0 radical (unpaired) electrons. The van der Waals surface area contributed by atoms with Crippen LogP contribution in [0.2, 0.25) is 0 Å². The molecule has 13 nitrogen and oxygen atoms in total. The minimum absolute atomic E-state index is 0.279. The minimum atomic E-state index is -1.37. The third-order valence-electron chi connectivity index (χ3n) is 7.08. The van der Waals surface area contributed by atoms with Crippen molar-refractivity contribution >= 4 is 40.8 Å². The van der Waals surface area contributed by atoms with Crippen LogP contribution in [-0.2, 0) is 24.5 Å². The predicted octanol–water partition coefficient (Wildman–Crippen LogP) is 3.90. The van der Waals surface area contributed by atoms with Gasteiger partial charge in [0.25, 0.3) is 0 Å². The van der Waals surface area contributed by atoms with Crippen LogP contribution in [0.5, 0.6) is 5.75 Å². The lowest BCUT2D eigenvalue weighted by atomic mass is 9.69. The highest BCUT2D eigenvalue weighted by atomic mass is 16.6. The van der Waals surface area contributed by atoms with Crippen LogP contribution >= 0.6 is 0 Å². The highest BCUT2D eigenvalue weighted by molar-refractivity contribution is 6.05. The summed E-state index contributed by atoms with van der Waals surface area (Å²) in [6.45, 7) is 0. The Labute approximate surface area is 219 Å². The van der Waals surface area contributed by atoms with Crippen LogP contribution in [0.3, 0.4) is 0 Å². The van der Waals surface area contributed by atoms with E-state index in [-0.39, 0.29) is 5.69 Å². The van der Waals surface area contributed by atoms with Crippen molar-refractivity contribution in [3.63, 3.8) is 0 Å². The molecule has 4 rings (SSSR count). The van der Waals surface area contributed by atoms with Crippen molar-refractivity contribution in [2.45, 2.75) is 37.3 Å². The molecule has 2 aliphatic rings. The second-order valence-corrected chi connectivity index (χ2v) is 8.74. The lowest BCUT2D eigenvalue weighted by molar-refractivity contribution is -0.0573. The summed E-state index contributed by atoms with van der Waals surface area (Å²) < 4.78 is 25.4. The first-order valence-electron chi connectivity index (χ1n) is 11.9. The molecule has 1 saturated carbocycles. The number of anilines is 1. The number of ether oxygens (including phenoxy) is 5. The Bertz CT molecular complexity index is 1270. The number of hydrazine groups is 2. The highest BCUT2D eigenvalue weighted by Gasteiger charge is 2.61. The molecule has 0 spiro atoms. The molecule has 0 saturated heterocycles. The van der Waals surface area contributed by atoms with Crippen molar-refractivity contribution in [3.05, 3.63) is 35.9 Å². The summed E-state index contributed by atoms with van der Waals surface area (Å²) in [7, 11) is 6.27. The van der Waals surface area contributed by atoms with Crippen LogP contribution in [0, 0.1) is 0 Å². The number of carbonyl (C=O) groups is 4. The molecule has 1 fully saturated rings. The van der Waals surface area contributed by atoms with E-state index in [0.717, 1.165) is 22.1 Å². The van der Waals surface area contributed by atoms with Crippen molar-refractivity contribution in [1.29, 1.82) is 0 Å². The zero-order chi connectivity index (χ0) is 27.6. The minimum Gasteiger partial charge on any atom is -0.497 e. The average molecular weight is 531 g/mol. The molecule has 1 heterocycles. The Hall–Kier alpha value is -4.42. The van der Waals surface area contributed by atoms with Crippen LogP contribution in [-0.4, -0.2) is 76.0 Å². The second-order valence-electron chi connectivity index (χ2n) is 8.74. The largest absolute Gasteiger partial charge is 0.497 e. The first kappa shape index (κ1) is 26.6. The van der Waals surface area contributed by atoms with Crippen LogP contribution < -0.4 is 15.2 Å². The van der Waals surface area contributed by atoms with Gasteiger partial charge < -0.3 is 23.7 Å². The lowest BCUT2D eigenvalue weighted by Gasteiger charge is -2.58. The van der Waals surface area contributed by atoms with Gasteiger partial charge >= 0.3 is 24.4 Å². The molecule has 13 heteroatoms. The number of fused-ring (bicyclic) bond motifs is 5. The van der Waals surface area contributed by atoms with Gasteiger partial charge in [0, 0.05) is 10.9 Å². The molecule has 0 bridgehead atoms. The van der Waals surface area contributed by atoms with Crippen molar-refractivity contribution in [1.82, 2.24) is 15.4 Å². The first-order valence-corrected chi connectivity index (χ1v) is 11.9. The van der Waals surface area contributed by atoms with Gasteiger partial charge in [0.2, 0.25) is 0 Å². The normalized spacial score (nSPS) is 20.0. The Morgan fingerprint density at radius 3 is 2.29 bits per heavy atom. The highest BCUT2D eigenvalue weighted by Crippen LogP contribution is 2.54. The van der Waals surface area contributed by atoms with Gasteiger partial charge in [0.1, 0.15) is 11.3 Å². The lowest BCUT2D eigenvalue weighted by Crippen LogP contribution is -2.73. The van der Waals surface area contributed by atoms with E-state index < -0.39 is 36.0 Å². The molecule has 4 amide bonds. The molecule has 2 atom stereocenters. The summed E-state index contributed by atoms with van der Waals surface area (Å²) in [6, 6.07) is 7.95. The van der Waals surface area contributed by atoms with Gasteiger partial charge in [-0.1, -0.05) is 25.0 Å². The van der Waals surface area contributed by atoms with Gasteiger partial charge in [-0.25, -0.2) is 34.6 Å². The van der Waals surface area contributed by atoms with Gasteiger partial charge in [-0.05, 0) is 36.4 Å². The number of methoxy groups -OCH3 is 5. The molecule has 2 aromatic rings. The van der Waals surface area contributed by atoms with E-state index in [1.807, 2.05) is 6.07 Å². The predicted molar refractivity (Wildman–Crippen MR) is 133 cm³/mol. The van der Waals surface area contributed by atoms with Crippen molar-refractivity contribution in [2.75, 3.05) is 40.6 Å². The molecule has 0 aromatic heterocycles. The maximum atomic E-state index is 13.4. The maximum absolute atomic E-state index is 13.4. The molecule has 1 aliphatic heterocycles. The zero-order valence-corrected chi connectivity index (χ0v) is 21.8. The molecule has 2 aromatic carbocycles. The third-order valence-corrected chi connectivity index (χ3v) is 7.08. The maximum Gasteiger partial charge on any atom is 0.433 e. The average Bonchev–Trinajstić information content (AvgIpc) is 2.96. The Morgan fingerprint density at radius 2 is 1.66 bits per heavy atom. The summed E-state index contributed by atoms with van der Waals surface area (Å²) in [5, 5.41) is 4.57. The summed E-state index contributed by atoms with van der Waals surface area (Å²) >= 11 is 0. The van der Waals surface area contributed by atoms with Crippen molar-refractivity contribution in [3.8, 4) is 5.75 Å². The number of amides is 4. The van der Waals surface area contributed by atoms with Gasteiger partial charge in [-0.3, -0.25) is 0 Å². The van der Waals surface area contributed by atoms with E-state index >= 15 is 0 Å². The summed E-state index contributed by atoms with van der Waals surface area (Å²) in [5.74, 6) is 0.580. The molecular formula is C25H30N4O9. The molecule has 38 heavy (non-hydrogen) atoms. The Kier molecular flexibility index (Phi) is 7.37. The van der Waals surface area contributed by atoms with Crippen LogP contribution in [0.1, 0.15) is 31.2 Å². The monoisotopic (exact) mass is 530 g/mol. The number of hydrogen-bond acceptors (Lipinski definition) is 9. The Balaban J connectivity index is 2.14. The fraction of sp³-hybridized carbons (Fsp3) is 0.440. The van der Waals surface area contributed by atoms with E-state index in [4.69, 9.17) is 23.7 Å². The van der Waals surface area contributed by atoms with Crippen molar-refractivity contribution < 1.29 is 42.9 Å². The van der Waals surface area contributed by atoms with E-state index in [2.05, 4.69) is 5.43 Å². The van der Waals surface area contributed by atoms with Crippen LogP contribution in [0.25, 0.3) is 10.8 Å². The zero-order valence-electron chi connectivity index (χ0n) is 21.8. The van der Waals surface area contributed by atoms with Gasteiger partial charge in [0.05, 0.1) is 47.3 Å². The number of nitrogens with one attached hydrogen (secondary N) is 1. The Morgan fingerprint density at radius 1 is 0.921 bits per heavy atom. The van der Waals surface area contributed by atoms with E-state index in [9.17, 15) is 19.2 Å². The summed E-state index contributed by atoms with van der Waals surface area (Å²) in [5.41, 5.74) is 1.88. The fourth-order valence-corrected chi connectivity index (χ4v) is 5.51. The number of nitrogens with zero attached hydrogens (tertiary/aromatic N) is 3. The number of benzene rings is 2. The van der Waals surface area contributed by atoms with E-state index in [1.54, 1.807) is 24.3 Å². The first-order chi connectivity index (χ1) is 18.3. The van der Waals surface area contributed by atoms with Crippen LogP contribution in [0.4, 0.5) is 24.9 Å². The third kappa shape index (κ3) is 4.03. The van der Waals surface area contributed by atoms with Crippen molar-refractivity contribution in [2.24, 2.45) is 0 Å². The van der Waals surface area contributed by atoms with Gasteiger partial charge in [0.15, 0.2) is 0 Å².